The van der Waals surface area contributed by atoms with Crippen molar-refractivity contribution in [3.8, 4) is 17.1 Å². The number of rotatable bonds is 9. The smallest absolute Gasteiger partial charge is 0.230 e. The first-order chi connectivity index (χ1) is 21.5. The van der Waals surface area contributed by atoms with Crippen LogP contribution in [0.3, 0.4) is 0 Å². The summed E-state index contributed by atoms with van der Waals surface area (Å²) >= 11 is 0. The fourth-order valence-corrected chi connectivity index (χ4v) is 7.56. The molecule has 2 fully saturated rings. The number of Topliss-reactive ketones (excluding diaryl/α,β-unsaturated/α-hetero) is 2. The van der Waals surface area contributed by atoms with Crippen LogP contribution in [0.4, 0.5) is 5.69 Å². The van der Waals surface area contributed by atoms with E-state index in [1.165, 1.54) is 0 Å². The van der Waals surface area contributed by atoms with Crippen LogP contribution in [0.2, 0.25) is 0 Å². The third-order valence-electron chi connectivity index (χ3n) is 9.83. The van der Waals surface area contributed by atoms with Crippen LogP contribution in [-0.4, -0.2) is 133 Å². The van der Waals surface area contributed by atoms with Gasteiger partial charge in [0.1, 0.15) is 28.9 Å². The first kappa shape index (κ1) is 33.6. The molecule has 2 aromatic rings. The molecule has 3 aliphatic rings. The summed E-state index contributed by atoms with van der Waals surface area (Å²) in [5.74, 6) is -6.74. The molecule has 0 spiro atoms. The van der Waals surface area contributed by atoms with E-state index in [9.17, 15) is 34.8 Å². The normalized spacial score (nSPS) is 27.7. The summed E-state index contributed by atoms with van der Waals surface area (Å²) in [6, 6.07) is 4.39. The highest BCUT2D eigenvalue weighted by Crippen LogP contribution is 2.54. The number of phenols is 1. The number of primary amides is 1. The molecule has 1 heterocycles. The van der Waals surface area contributed by atoms with Gasteiger partial charge in [0.2, 0.25) is 11.7 Å². The third-order valence-corrected chi connectivity index (χ3v) is 9.83. The minimum absolute atomic E-state index is 0.0165. The lowest BCUT2D eigenvalue weighted by atomic mass is 9.54. The second kappa shape index (κ2) is 12.1. The lowest BCUT2D eigenvalue weighted by molar-refractivity contribution is -0.184. The van der Waals surface area contributed by atoms with Crippen molar-refractivity contribution in [2.75, 3.05) is 67.3 Å². The standard InChI is InChI=1S/C33H45N5O8/c1-35(2)10-11-38(7)15-17-8-9-22(46-17)19-14-21(36(3)4)18-12-16-13-20-26(37(5)6)29(41)25(32(34)44)31(43)33(20,45)30(42)23(16)28(40)24(18)27(19)39/h8-9,14,16,20,25-26,29,39-41,45H,10-13,15H2,1-7H3,(H2,34,44)/t16-,20-,25?,26-,29?,33-/m1/s1. The number of aromatic hydroxyl groups is 1. The predicted molar refractivity (Wildman–Crippen MR) is 171 cm³/mol. The number of nitrogens with two attached hydrogens (primary N) is 1. The van der Waals surface area contributed by atoms with Gasteiger partial charge in [-0.15, -0.1) is 0 Å². The largest absolute Gasteiger partial charge is 0.507 e. The van der Waals surface area contributed by atoms with Gasteiger partial charge in [0.25, 0.3) is 0 Å². The second-order valence-electron chi connectivity index (χ2n) is 13.6. The summed E-state index contributed by atoms with van der Waals surface area (Å²) in [6.07, 6.45) is -1.28. The maximum absolute atomic E-state index is 14.2. The van der Waals surface area contributed by atoms with Crippen LogP contribution in [0.5, 0.6) is 5.75 Å². The zero-order valence-corrected chi connectivity index (χ0v) is 27.4. The summed E-state index contributed by atoms with van der Waals surface area (Å²) in [4.78, 5) is 47.7. The number of hydrogen-bond acceptors (Lipinski definition) is 12. The number of nitrogens with zero attached hydrogens (tertiary/aromatic N) is 4. The number of amides is 1. The molecular formula is C33H45N5O8. The molecular weight excluding hydrogens is 594 g/mol. The third kappa shape index (κ3) is 5.29. The molecule has 13 nitrogen and oxygen atoms in total. The SMILES string of the molecule is CN(C)CCN(C)Cc1ccc(-c2cc(N(C)C)c3c(c2O)C(O)=C2C(=O)[C@@]4(O)C(=O)C(C(N)=O)C(O)[C@H](N(C)C)[C@H]4C[C@H]2C3)o1. The Bertz CT molecular complexity index is 1600. The van der Waals surface area contributed by atoms with Gasteiger partial charge in [0, 0.05) is 50.4 Å². The average Bonchev–Trinajstić information content (AvgIpc) is 3.41. The maximum atomic E-state index is 14.2. The van der Waals surface area contributed by atoms with Crippen molar-refractivity contribution in [3.05, 3.63) is 40.7 Å². The molecule has 2 saturated carbocycles. The number of fused-ring (bicyclic) bond motifs is 3. The number of hydrogen-bond donors (Lipinski definition) is 5. The number of likely N-dealkylation sites (N-methyl/N-ethyl adjacent to an activating group) is 3. The molecule has 5 rings (SSSR count). The zero-order valence-electron chi connectivity index (χ0n) is 27.4. The Kier molecular flexibility index (Phi) is 8.86. The highest BCUT2D eigenvalue weighted by molar-refractivity contribution is 6.25. The van der Waals surface area contributed by atoms with Crippen LogP contribution in [0, 0.1) is 17.8 Å². The van der Waals surface area contributed by atoms with E-state index in [0.29, 0.717) is 34.9 Å². The fourth-order valence-electron chi connectivity index (χ4n) is 7.56. The van der Waals surface area contributed by atoms with Gasteiger partial charge in [-0.3, -0.25) is 19.3 Å². The molecule has 0 saturated heterocycles. The van der Waals surface area contributed by atoms with Crippen LogP contribution in [-0.2, 0) is 27.3 Å². The second-order valence-corrected chi connectivity index (χ2v) is 13.6. The molecule has 6 N–H and O–H groups in total. The highest BCUT2D eigenvalue weighted by atomic mass is 16.3. The van der Waals surface area contributed by atoms with E-state index in [4.69, 9.17) is 10.2 Å². The van der Waals surface area contributed by atoms with E-state index in [1.807, 2.05) is 46.2 Å². The Hall–Kier alpha value is -3.75. The molecule has 1 amide bonds. The van der Waals surface area contributed by atoms with Gasteiger partial charge in [0.15, 0.2) is 11.4 Å². The molecule has 1 aromatic heterocycles. The summed E-state index contributed by atoms with van der Waals surface area (Å²) < 4.78 is 6.14. The van der Waals surface area contributed by atoms with Crippen LogP contribution < -0.4 is 10.6 Å². The molecule has 13 heteroatoms. The molecule has 3 aliphatic carbocycles. The summed E-state index contributed by atoms with van der Waals surface area (Å²) in [6.45, 7) is 2.23. The monoisotopic (exact) mass is 639 g/mol. The highest BCUT2D eigenvalue weighted by Gasteiger charge is 2.67. The van der Waals surface area contributed by atoms with Crippen LogP contribution in [0.15, 0.2) is 28.2 Å². The molecule has 6 atom stereocenters. The predicted octanol–water partition coefficient (Wildman–Crippen LogP) is 0.448. The Morgan fingerprint density at radius 3 is 2.33 bits per heavy atom. The minimum Gasteiger partial charge on any atom is -0.507 e. The molecule has 250 valence electrons. The number of benzene rings is 1. The van der Waals surface area contributed by atoms with Crippen molar-refractivity contribution in [3.63, 3.8) is 0 Å². The van der Waals surface area contributed by atoms with Crippen molar-refractivity contribution in [2.24, 2.45) is 23.5 Å². The van der Waals surface area contributed by atoms with Crippen molar-refractivity contribution in [1.29, 1.82) is 0 Å². The molecule has 0 bridgehead atoms. The summed E-state index contributed by atoms with van der Waals surface area (Å²) in [5, 5.41) is 46.4. The molecule has 0 radical (unpaired) electrons. The van der Waals surface area contributed by atoms with E-state index in [0.717, 1.165) is 13.1 Å². The van der Waals surface area contributed by atoms with E-state index < -0.39 is 58.7 Å². The van der Waals surface area contributed by atoms with Gasteiger partial charge in [-0.1, -0.05) is 0 Å². The van der Waals surface area contributed by atoms with Crippen molar-refractivity contribution >= 4 is 28.9 Å². The van der Waals surface area contributed by atoms with Gasteiger partial charge in [0.05, 0.1) is 23.8 Å². The number of aliphatic hydroxyl groups is 3. The zero-order chi connectivity index (χ0) is 34.0. The average molecular weight is 640 g/mol. The minimum atomic E-state index is -2.71. The van der Waals surface area contributed by atoms with Crippen LogP contribution >= 0.6 is 0 Å². The Labute approximate surface area is 268 Å². The van der Waals surface area contributed by atoms with Gasteiger partial charge in [-0.05, 0) is 77.8 Å². The molecule has 0 aliphatic heterocycles. The summed E-state index contributed by atoms with van der Waals surface area (Å²) in [7, 11) is 12.9. The van der Waals surface area contributed by atoms with Gasteiger partial charge in [-0.25, -0.2) is 0 Å². The lowest BCUT2D eigenvalue weighted by Crippen LogP contribution is -2.73. The Morgan fingerprint density at radius 1 is 1.07 bits per heavy atom. The number of carbonyl (C=O) groups is 3. The van der Waals surface area contributed by atoms with Gasteiger partial charge in [-0.2, -0.15) is 0 Å². The fraction of sp³-hybridized carbons (Fsp3) is 0.545. The van der Waals surface area contributed by atoms with E-state index in [-0.39, 0.29) is 29.7 Å². The van der Waals surface area contributed by atoms with E-state index in [1.54, 1.807) is 31.1 Å². The topological polar surface area (TPSA) is 184 Å². The van der Waals surface area contributed by atoms with Crippen molar-refractivity contribution in [2.45, 2.75) is 37.1 Å². The lowest BCUT2D eigenvalue weighted by Gasteiger charge is -2.53. The Balaban J connectivity index is 1.61. The van der Waals surface area contributed by atoms with Gasteiger partial charge >= 0.3 is 0 Å². The summed E-state index contributed by atoms with van der Waals surface area (Å²) in [5.41, 5.74) is 4.15. The van der Waals surface area contributed by atoms with E-state index in [2.05, 4.69) is 9.80 Å². The molecule has 1 aromatic carbocycles. The Morgan fingerprint density at radius 2 is 1.74 bits per heavy atom. The maximum Gasteiger partial charge on any atom is 0.230 e. The van der Waals surface area contributed by atoms with Crippen molar-refractivity contribution < 1.29 is 39.2 Å². The number of furan rings is 1. The van der Waals surface area contributed by atoms with Crippen LogP contribution in [0.1, 0.15) is 23.3 Å². The number of anilines is 1. The number of ketones is 2. The van der Waals surface area contributed by atoms with E-state index >= 15 is 0 Å². The van der Waals surface area contributed by atoms with Gasteiger partial charge < -0.3 is 45.3 Å². The number of aliphatic hydroxyl groups excluding tert-OH is 2. The van der Waals surface area contributed by atoms with Crippen LogP contribution in [0.25, 0.3) is 17.1 Å². The number of phenolic OH excluding ortho intramolecular Hbond substituents is 1. The first-order valence-electron chi connectivity index (χ1n) is 15.4. The first-order valence-corrected chi connectivity index (χ1v) is 15.4. The molecule has 46 heavy (non-hydrogen) atoms. The van der Waals surface area contributed by atoms with Crippen molar-refractivity contribution in [1.82, 2.24) is 14.7 Å². The molecule has 2 unspecified atom stereocenters. The quantitative estimate of drug-likeness (QED) is 0.239. The number of carbonyl (C=O) groups excluding carboxylic acids is 3.